The van der Waals surface area contributed by atoms with Crippen LogP contribution in [0.3, 0.4) is 0 Å². The summed E-state index contributed by atoms with van der Waals surface area (Å²) in [7, 11) is 0. The van der Waals surface area contributed by atoms with Crippen LogP contribution in [0.4, 0.5) is 0 Å². The van der Waals surface area contributed by atoms with Gasteiger partial charge in [-0.2, -0.15) is 5.26 Å². The highest BCUT2D eigenvalue weighted by molar-refractivity contribution is 6.30. The number of benzene rings is 2. The van der Waals surface area contributed by atoms with Crippen LogP contribution in [0.2, 0.25) is 5.02 Å². The molecule has 0 aliphatic carbocycles. The lowest BCUT2D eigenvalue weighted by atomic mass is 10.1. The highest BCUT2D eigenvalue weighted by Gasteiger charge is 2.06. The summed E-state index contributed by atoms with van der Waals surface area (Å²) in [6, 6.07) is 14.9. The molecule has 0 saturated carbocycles. The largest absolute Gasteiger partial charge is 0.456 e. The fraction of sp³-hybridized carbons (Fsp3) is 0.188. The molecule has 1 N–H and O–H groups in total. The van der Waals surface area contributed by atoms with E-state index in [0.717, 1.165) is 18.7 Å². The van der Waals surface area contributed by atoms with E-state index in [1.165, 1.54) is 0 Å². The van der Waals surface area contributed by atoms with Gasteiger partial charge in [0.05, 0.1) is 5.56 Å². The Morgan fingerprint density at radius 2 is 2.10 bits per heavy atom. The predicted molar refractivity (Wildman–Crippen MR) is 80.1 cm³/mol. The fourth-order valence-electron chi connectivity index (χ4n) is 1.79. The van der Waals surface area contributed by atoms with Gasteiger partial charge in [0, 0.05) is 11.6 Å². The molecule has 0 amide bonds. The van der Waals surface area contributed by atoms with Crippen LogP contribution in [0.25, 0.3) is 0 Å². The number of hydrogen-bond donors (Lipinski definition) is 1. The summed E-state index contributed by atoms with van der Waals surface area (Å²) in [5.74, 6) is 1.16. The molecule has 2 rings (SSSR count). The van der Waals surface area contributed by atoms with Crippen LogP contribution in [-0.2, 0) is 6.54 Å². The van der Waals surface area contributed by atoms with Crippen molar-refractivity contribution in [1.82, 2.24) is 5.32 Å². The van der Waals surface area contributed by atoms with E-state index in [9.17, 15) is 5.26 Å². The SMILES string of the molecule is CCNCc1ccc(Oc2cccc(Cl)c2)c(C#N)c1. The van der Waals surface area contributed by atoms with E-state index in [2.05, 4.69) is 11.4 Å². The van der Waals surface area contributed by atoms with Gasteiger partial charge in [0.15, 0.2) is 0 Å². The highest BCUT2D eigenvalue weighted by atomic mass is 35.5. The van der Waals surface area contributed by atoms with Gasteiger partial charge in [0.1, 0.15) is 17.6 Å². The number of ether oxygens (including phenoxy) is 1. The van der Waals surface area contributed by atoms with Gasteiger partial charge in [0.2, 0.25) is 0 Å². The molecule has 0 unspecified atom stereocenters. The lowest BCUT2D eigenvalue weighted by Crippen LogP contribution is -2.11. The normalized spacial score (nSPS) is 10.1. The predicted octanol–water partition coefficient (Wildman–Crippen LogP) is 4.11. The number of nitrogens with one attached hydrogen (secondary N) is 1. The summed E-state index contributed by atoms with van der Waals surface area (Å²) in [4.78, 5) is 0. The lowest BCUT2D eigenvalue weighted by Gasteiger charge is -2.09. The van der Waals surface area contributed by atoms with Gasteiger partial charge in [-0.15, -0.1) is 0 Å². The lowest BCUT2D eigenvalue weighted by molar-refractivity contribution is 0.481. The molecule has 0 fully saturated rings. The minimum Gasteiger partial charge on any atom is -0.456 e. The molecule has 4 heteroatoms. The third kappa shape index (κ3) is 3.74. The van der Waals surface area contributed by atoms with E-state index in [0.29, 0.717) is 22.1 Å². The van der Waals surface area contributed by atoms with E-state index in [1.54, 1.807) is 18.2 Å². The monoisotopic (exact) mass is 286 g/mol. The molecule has 0 aromatic heterocycles. The maximum absolute atomic E-state index is 9.22. The second-order valence-electron chi connectivity index (χ2n) is 4.28. The average Bonchev–Trinajstić information content (AvgIpc) is 2.46. The minimum absolute atomic E-state index is 0.514. The van der Waals surface area contributed by atoms with Gasteiger partial charge < -0.3 is 10.1 Å². The van der Waals surface area contributed by atoms with Gasteiger partial charge in [-0.25, -0.2) is 0 Å². The van der Waals surface area contributed by atoms with Crippen molar-refractivity contribution in [3.05, 3.63) is 58.6 Å². The summed E-state index contributed by atoms with van der Waals surface area (Å²) in [6.07, 6.45) is 0. The molecule has 0 spiro atoms. The number of nitrogens with zero attached hydrogens (tertiary/aromatic N) is 1. The van der Waals surface area contributed by atoms with E-state index in [1.807, 2.05) is 31.2 Å². The molecule has 2 aromatic carbocycles. The third-order valence-electron chi connectivity index (χ3n) is 2.77. The van der Waals surface area contributed by atoms with Crippen molar-refractivity contribution in [3.63, 3.8) is 0 Å². The molecule has 0 aliphatic rings. The fourth-order valence-corrected chi connectivity index (χ4v) is 1.97. The number of hydrogen-bond acceptors (Lipinski definition) is 3. The van der Waals surface area contributed by atoms with Crippen molar-refractivity contribution < 1.29 is 4.74 Å². The smallest absolute Gasteiger partial charge is 0.145 e. The molecule has 2 aromatic rings. The Hall–Kier alpha value is -2.02. The van der Waals surface area contributed by atoms with Crippen molar-refractivity contribution in [2.45, 2.75) is 13.5 Å². The molecular formula is C16H15ClN2O. The Labute approximate surface area is 123 Å². The van der Waals surface area contributed by atoms with Crippen LogP contribution in [-0.4, -0.2) is 6.54 Å². The van der Waals surface area contributed by atoms with E-state index >= 15 is 0 Å². The standard InChI is InChI=1S/C16H15ClN2O/c1-2-19-11-12-6-7-16(13(8-12)10-18)20-15-5-3-4-14(17)9-15/h3-9,19H,2,11H2,1H3. The zero-order chi connectivity index (χ0) is 14.4. The molecule has 0 saturated heterocycles. The Kier molecular flexibility index (Phi) is 5.00. The molecule has 0 aliphatic heterocycles. The molecule has 102 valence electrons. The molecule has 3 nitrogen and oxygen atoms in total. The molecule has 0 radical (unpaired) electrons. The van der Waals surface area contributed by atoms with Gasteiger partial charge in [-0.05, 0) is 42.4 Å². The summed E-state index contributed by atoms with van der Waals surface area (Å²) in [5.41, 5.74) is 1.57. The van der Waals surface area contributed by atoms with Crippen molar-refractivity contribution >= 4 is 11.6 Å². The molecular weight excluding hydrogens is 272 g/mol. The number of halogens is 1. The first-order chi connectivity index (χ1) is 9.72. The first-order valence-electron chi connectivity index (χ1n) is 6.40. The van der Waals surface area contributed by atoms with Crippen molar-refractivity contribution in [2.75, 3.05) is 6.54 Å². The van der Waals surface area contributed by atoms with Crippen LogP contribution >= 0.6 is 11.6 Å². The van der Waals surface area contributed by atoms with E-state index in [-0.39, 0.29) is 0 Å². The van der Waals surface area contributed by atoms with Crippen LogP contribution in [0.5, 0.6) is 11.5 Å². The average molecular weight is 287 g/mol. The Balaban J connectivity index is 2.22. The quantitative estimate of drug-likeness (QED) is 0.899. The van der Waals surface area contributed by atoms with Crippen molar-refractivity contribution in [3.8, 4) is 17.6 Å². The third-order valence-corrected chi connectivity index (χ3v) is 3.00. The molecule has 20 heavy (non-hydrogen) atoms. The summed E-state index contributed by atoms with van der Waals surface area (Å²) in [5, 5.41) is 13.1. The zero-order valence-electron chi connectivity index (χ0n) is 11.2. The molecule has 0 atom stereocenters. The van der Waals surface area contributed by atoms with Crippen LogP contribution in [0.1, 0.15) is 18.1 Å². The maximum atomic E-state index is 9.22. The van der Waals surface area contributed by atoms with Gasteiger partial charge in [-0.3, -0.25) is 0 Å². The number of nitriles is 1. The van der Waals surface area contributed by atoms with Gasteiger partial charge in [-0.1, -0.05) is 30.7 Å². The van der Waals surface area contributed by atoms with Crippen LogP contribution in [0, 0.1) is 11.3 Å². The highest BCUT2D eigenvalue weighted by Crippen LogP contribution is 2.27. The summed E-state index contributed by atoms with van der Waals surface area (Å²) >= 11 is 5.91. The second kappa shape index (κ2) is 6.95. The Bertz CT molecular complexity index is 635. The van der Waals surface area contributed by atoms with Gasteiger partial charge >= 0.3 is 0 Å². The first-order valence-corrected chi connectivity index (χ1v) is 6.78. The van der Waals surface area contributed by atoms with E-state index < -0.39 is 0 Å². The topological polar surface area (TPSA) is 45.0 Å². The molecule has 0 heterocycles. The summed E-state index contributed by atoms with van der Waals surface area (Å²) in [6.45, 7) is 3.67. The van der Waals surface area contributed by atoms with Crippen molar-refractivity contribution in [1.29, 1.82) is 5.26 Å². The second-order valence-corrected chi connectivity index (χ2v) is 4.72. The maximum Gasteiger partial charge on any atom is 0.145 e. The van der Waals surface area contributed by atoms with Crippen molar-refractivity contribution in [2.24, 2.45) is 0 Å². The van der Waals surface area contributed by atoms with Crippen LogP contribution in [0.15, 0.2) is 42.5 Å². The summed E-state index contributed by atoms with van der Waals surface area (Å²) < 4.78 is 5.71. The van der Waals surface area contributed by atoms with Crippen LogP contribution < -0.4 is 10.1 Å². The van der Waals surface area contributed by atoms with Gasteiger partial charge in [0.25, 0.3) is 0 Å². The number of rotatable bonds is 5. The Morgan fingerprint density at radius 1 is 1.25 bits per heavy atom. The minimum atomic E-state index is 0.514. The molecule has 0 bridgehead atoms. The first kappa shape index (κ1) is 14.4. The Morgan fingerprint density at radius 3 is 2.80 bits per heavy atom. The zero-order valence-corrected chi connectivity index (χ0v) is 11.9. The van der Waals surface area contributed by atoms with E-state index in [4.69, 9.17) is 16.3 Å².